The molecule has 0 spiro atoms. The van der Waals surface area contributed by atoms with Gasteiger partial charge in [-0.25, -0.2) is 0 Å². The molecule has 0 amide bonds. The number of anilines is 2. The average Bonchev–Trinajstić information content (AvgIpc) is 2.74. The Kier molecular flexibility index (Phi) is 2.51. The normalized spacial score (nSPS) is 12.7. The van der Waals surface area contributed by atoms with E-state index in [2.05, 4.69) is 20.6 Å². The third-order valence-corrected chi connectivity index (χ3v) is 2.34. The van der Waals surface area contributed by atoms with E-state index in [1.165, 1.54) is 0 Å². The van der Waals surface area contributed by atoms with Crippen LogP contribution in [0.15, 0.2) is 12.5 Å². The van der Waals surface area contributed by atoms with Crippen LogP contribution in [0.1, 0.15) is 18.8 Å². The van der Waals surface area contributed by atoms with E-state index in [1.54, 1.807) is 17.2 Å². The van der Waals surface area contributed by atoms with E-state index in [1.807, 2.05) is 25.6 Å². The maximum absolute atomic E-state index is 5.79. The zero-order chi connectivity index (χ0) is 11.7. The monoisotopic (exact) mass is 221 g/mol. The first-order chi connectivity index (χ1) is 7.58. The van der Waals surface area contributed by atoms with Crippen molar-refractivity contribution >= 4 is 11.5 Å². The zero-order valence-corrected chi connectivity index (χ0v) is 9.55. The lowest BCUT2D eigenvalue weighted by atomic mass is 10.3. The predicted molar refractivity (Wildman–Crippen MR) is 60.7 cm³/mol. The lowest BCUT2D eigenvalue weighted by Gasteiger charge is -2.12. The molecule has 2 heterocycles. The minimum absolute atomic E-state index is 0.00435. The van der Waals surface area contributed by atoms with Gasteiger partial charge in [-0.1, -0.05) is 0 Å². The molecule has 0 saturated carbocycles. The van der Waals surface area contributed by atoms with Crippen molar-refractivity contribution in [3.8, 4) is 0 Å². The van der Waals surface area contributed by atoms with Gasteiger partial charge in [0.15, 0.2) is 11.6 Å². The van der Waals surface area contributed by atoms with Crippen LogP contribution < -0.4 is 11.1 Å². The van der Waals surface area contributed by atoms with Crippen molar-refractivity contribution in [2.75, 3.05) is 11.1 Å². The molecule has 1 unspecified atom stereocenters. The van der Waals surface area contributed by atoms with Gasteiger partial charge in [-0.2, -0.15) is 5.10 Å². The quantitative estimate of drug-likeness (QED) is 0.778. The number of nitrogens with one attached hydrogen (secondary N) is 1. The number of hydrogen-bond donors (Lipinski definition) is 2. The summed E-state index contributed by atoms with van der Waals surface area (Å²) in [6.07, 6.45) is 3.42. The van der Waals surface area contributed by atoms with E-state index in [0.717, 1.165) is 5.82 Å². The standard InChI is InChI=1S/C9H15N7/c1-6(9-13-11-5-15(9)2)12-8-7(10)4-16(3)14-8/h4-6H,10H2,1-3H3,(H,12,14). The van der Waals surface area contributed by atoms with Crippen LogP contribution in [0.5, 0.6) is 0 Å². The molecule has 0 aliphatic rings. The fraction of sp³-hybridized carbons (Fsp3) is 0.444. The first-order valence-electron chi connectivity index (χ1n) is 4.97. The molecule has 7 heteroatoms. The zero-order valence-electron chi connectivity index (χ0n) is 9.55. The third kappa shape index (κ3) is 1.83. The fourth-order valence-corrected chi connectivity index (χ4v) is 1.57. The molecule has 0 aliphatic heterocycles. The van der Waals surface area contributed by atoms with Gasteiger partial charge in [-0.15, -0.1) is 10.2 Å². The van der Waals surface area contributed by atoms with Gasteiger partial charge in [0.1, 0.15) is 6.33 Å². The molecule has 16 heavy (non-hydrogen) atoms. The van der Waals surface area contributed by atoms with E-state index in [0.29, 0.717) is 11.5 Å². The van der Waals surface area contributed by atoms with Crippen LogP contribution in [0, 0.1) is 0 Å². The summed E-state index contributed by atoms with van der Waals surface area (Å²) < 4.78 is 3.53. The largest absolute Gasteiger partial charge is 0.394 e. The van der Waals surface area contributed by atoms with Crippen LogP contribution in [-0.4, -0.2) is 24.5 Å². The Morgan fingerprint density at radius 2 is 2.19 bits per heavy atom. The van der Waals surface area contributed by atoms with Crippen LogP contribution in [0.4, 0.5) is 11.5 Å². The summed E-state index contributed by atoms with van der Waals surface area (Å²) in [4.78, 5) is 0. The van der Waals surface area contributed by atoms with E-state index in [9.17, 15) is 0 Å². The second-order valence-electron chi connectivity index (χ2n) is 3.77. The summed E-state index contributed by atoms with van der Waals surface area (Å²) in [6, 6.07) is 0.00435. The minimum Gasteiger partial charge on any atom is -0.394 e. The van der Waals surface area contributed by atoms with Crippen molar-refractivity contribution in [1.82, 2.24) is 24.5 Å². The Balaban J connectivity index is 2.16. The first kappa shape index (κ1) is 10.5. The molecule has 1 atom stereocenters. The molecule has 86 valence electrons. The summed E-state index contributed by atoms with van der Waals surface area (Å²) in [7, 11) is 3.73. The van der Waals surface area contributed by atoms with Gasteiger partial charge < -0.3 is 15.6 Å². The molecule has 0 fully saturated rings. The average molecular weight is 221 g/mol. The lowest BCUT2D eigenvalue weighted by Crippen LogP contribution is -2.13. The molecule has 0 saturated heterocycles. The predicted octanol–water partition coefficient (Wildman–Crippen LogP) is 0.304. The van der Waals surface area contributed by atoms with Gasteiger partial charge in [-0.05, 0) is 6.92 Å². The molecule has 2 aromatic heterocycles. The Hall–Kier alpha value is -2.05. The summed E-state index contributed by atoms with van der Waals surface area (Å²) in [5, 5.41) is 15.3. The Bertz CT molecular complexity index is 484. The van der Waals surface area contributed by atoms with Crippen LogP contribution in [0.2, 0.25) is 0 Å². The highest BCUT2D eigenvalue weighted by Gasteiger charge is 2.13. The van der Waals surface area contributed by atoms with Crippen molar-refractivity contribution in [3.63, 3.8) is 0 Å². The molecule has 0 aromatic carbocycles. The van der Waals surface area contributed by atoms with Crippen molar-refractivity contribution < 1.29 is 0 Å². The number of nitrogens with zero attached hydrogens (tertiary/aromatic N) is 5. The smallest absolute Gasteiger partial charge is 0.171 e. The van der Waals surface area contributed by atoms with Gasteiger partial charge in [0.25, 0.3) is 0 Å². The molecule has 0 radical (unpaired) electrons. The molecule has 2 rings (SSSR count). The van der Waals surface area contributed by atoms with Crippen molar-refractivity contribution in [1.29, 1.82) is 0 Å². The molecule has 0 bridgehead atoms. The number of rotatable bonds is 3. The SMILES string of the molecule is CC(Nc1nn(C)cc1N)c1nncn1C. The highest BCUT2D eigenvalue weighted by atomic mass is 15.3. The van der Waals surface area contributed by atoms with Crippen LogP contribution in [-0.2, 0) is 14.1 Å². The molecular formula is C9H15N7. The van der Waals surface area contributed by atoms with Crippen molar-refractivity contribution in [2.45, 2.75) is 13.0 Å². The molecule has 7 nitrogen and oxygen atoms in total. The Labute approximate surface area is 93.3 Å². The van der Waals surface area contributed by atoms with Gasteiger partial charge in [-0.3, -0.25) is 4.68 Å². The van der Waals surface area contributed by atoms with Crippen molar-refractivity contribution in [3.05, 3.63) is 18.3 Å². The van der Waals surface area contributed by atoms with E-state index in [-0.39, 0.29) is 6.04 Å². The number of nitrogens with two attached hydrogens (primary N) is 1. The fourth-order valence-electron chi connectivity index (χ4n) is 1.57. The molecule has 0 aliphatic carbocycles. The summed E-state index contributed by atoms with van der Waals surface area (Å²) >= 11 is 0. The topological polar surface area (TPSA) is 86.6 Å². The summed E-state index contributed by atoms with van der Waals surface area (Å²) in [5.41, 5.74) is 6.41. The first-order valence-corrected chi connectivity index (χ1v) is 4.97. The van der Waals surface area contributed by atoms with E-state index < -0.39 is 0 Å². The maximum Gasteiger partial charge on any atom is 0.171 e. The van der Waals surface area contributed by atoms with Gasteiger partial charge >= 0.3 is 0 Å². The highest BCUT2D eigenvalue weighted by Crippen LogP contribution is 2.20. The van der Waals surface area contributed by atoms with E-state index in [4.69, 9.17) is 5.73 Å². The second-order valence-corrected chi connectivity index (χ2v) is 3.77. The van der Waals surface area contributed by atoms with Gasteiger partial charge in [0.05, 0.1) is 11.7 Å². The Morgan fingerprint density at radius 3 is 2.69 bits per heavy atom. The lowest BCUT2D eigenvalue weighted by molar-refractivity contribution is 0.707. The van der Waals surface area contributed by atoms with Crippen LogP contribution in [0.3, 0.4) is 0 Å². The number of hydrogen-bond acceptors (Lipinski definition) is 5. The molecule has 2 aromatic rings. The number of aromatic nitrogens is 5. The highest BCUT2D eigenvalue weighted by molar-refractivity contribution is 5.60. The minimum atomic E-state index is 0.00435. The van der Waals surface area contributed by atoms with Gasteiger partial charge in [0, 0.05) is 20.3 Å². The van der Waals surface area contributed by atoms with Crippen molar-refractivity contribution in [2.24, 2.45) is 14.1 Å². The van der Waals surface area contributed by atoms with E-state index >= 15 is 0 Å². The van der Waals surface area contributed by atoms with Crippen LogP contribution >= 0.6 is 0 Å². The number of nitrogen functional groups attached to an aromatic ring is 1. The third-order valence-electron chi connectivity index (χ3n) is 2.34. The number of aryl methyl sites for hydroxylation is 2. The van der Waals surface area contributed by atoms with Gasteiger partial charge in [0.2, 0.25) is 0 Å². The Morgan fingerprint density at radius 1 is 1.44 bits per heavy atom. The summed E-state index contributed by atoms with van der Waals surface area (Å²) in [5.74, 6) is 1.50. The maximum atomic E-state index is 5.79. The molecule has 3 N–H and O–H groups in total. The van der Waals surface area contributed by atoms with Crippen LogP contribution in [0.25, 0.3) is 0 Å². The molecular weight excluding hydrogens is 206 g/mol. The summed E-state index contributed by atoms with van der Waals surface area (Å²) in [6.45, 7) is 1.98. The second kappa shape index (κ2) is 3.84.